The zero-order valence-corrected chi connectivity index (χ0v) is 15.8. The molecule has 0 saturated carbocycles. The number of rotatable bonds is 7. The molecule has 0 aliphatic carbocycles. The Hall–Kier alpha value is -4.00. The van der Waals surface area contributed by atoms with Crippen molar-refractivity contribution in [2.24, 2.45) is 0 Å². The standard InChI is InChI=1S/C23H18FNO5/c24-18-8-4-7-16(10-18)13-25-14-17(9-15-5-2-1-3-6-15)11-19(22(25)28)20(26)12-21(27)23(29)30/h1-8,10-12,14,26H,9,13H2,(H,29,30). The Morgan fingerprint density at radius 3 is 2.30 bits per heavy atom. The van der Waals surface area contributed by atoms with Crippen LogP contribution in [-0.2, 0) is 22.6 Å². The normalized spacial score (nSPS) is 11.3. The Kier molecular flexibility index (Phi) is 6.22. The number of hydrogen-bond acceptors (Lipinski definition) is 4. The van der Waals surface area contributed by atoms with Crippen molar-refractivity contribution in [1.82, 2.24) is 4.57 Å². The molecule has 0 fully saturated rings. The predicted molar refractivity (Wildman–Crippen MR) is 109 cm³/mol. The highest BCUT2D eigenvalue weighted by atomic mass is 19.1. The summed E-state index contributed by atoms with van der Waals surface area (Å²) in [6.45, 7) is 0.0341. The van der Waals surface area contributed by atoms with Crippen LogP contribution in [0.15, 0.2) is 77.7 Å². The molecule has 0 radical (unpaired) electrons. The van der Waals surface area contributed by atoms with Gasteiger partial charge in [-0.1, -0.05) is 42.5 Å². The van der Waals surface area contributed by atoms with Gasteiger partial charge in [-0.3, -0.25) is 9.59 Å². The van der Waals surface area contributed by atoms with Gasteiger partial charge < -0.3 is 14.8 Å². The number of aliphatic carboxylic acids is 1. The number of aliphatic hydroxyl groups is 1. The third kappa shape index (κ3) is 5.08. The van der Waals surface area contributed by atoms with E-state index in [-0.39, 0.29) is 12.1 Å². The van der Waals surface area contributed by atoms with Crippen molar-refractivity contribution in [3.05, 3.63) is 111 Å². The summed E-state index contributed by atoms with van der Waals surface area (Å²) in [6.07, 6.45) is 2.52. The number of carbonyl (C=O) groups is 2. The fraction of sp³-hybridized carbons (Fsp3) is 0.0870. The molecular weight excluding hydrogens is 389 g/mol. The van der Waals surface area contributed by atoms with Crippen LogP contribution in [-0.4, -0.2) is 26.5 Å². The first kappa shape index (κ1) is 20.7. The van der Waals surface area contributed by atoms with Crippen LogP contribution in [0.3, 0.4) is 0 Å². The number of halogens is 1. The number of carboxylic acids is 1. The van der Waals surface area contributed by atoms with Crippen LogP contribution in [0, 0.1) is 5.82 Å². The highest BCUT2D eigenvalue weighted by Gasteiger charge is 2.16. The summed E-state index contributed by atoms with van der Waals surface area (Å²) in [6, 6.07) is 16.6. The largest absolute Gasteiger partial charge is 0.507 e. The lowest BCUT2D eigenvalue weighted by Gasteiger charge is -2.12. The Morgan fingerprint density at radius 2 is 1.63 bits per heavy atom. The minimum absolute atomic E-state index is 0.0341. The van der Waals surface area contributed by atoms with Crippen molar-refractivity contribution in [1.29, 1.82) is 0 Å². The van der Waals surface area contributed by atoms with E-state index in [1.165, 1.54) is 28.8 Å². The summed E-state index contributed by atoms with van der Waals surface area (Å²) in [4.78, 5) is 35.1. The number of ketones is 1. The van der Waals surface area contributed by atoms with E-state index in [0.29, 0.717) is 23.6 Å². The number of carboxylic acid groups (broad SMARTS) is 1. The van der Waals surface area contributed by atoms with Crippen LogP contribution >= 0.6 is 0 Å². The van der Waals surface area contributed by atoms with Crippen LogP contribution in [0.2, 0.25) is 0 Å². The molecule has 1 aromatic heterocycles. The van der Waals surface area contributed by atoms with E-state index in [2.05, 4.69) is 0 Å². The molecular formula is C23H18FNO5. The summed E-state index contributed by atoms with van der Waals surface area (Å²) in [5.74, 6) is -4.29. The van der Waals surface area contributed by atoms with E-state index < -0.39 is 28.9 Å². The lowest BCUT2D eigenvalue weighted by molar-refractivity contribution is -0.146. The number of carbonyl (C=O) groups excluding carboxylic acids is 1. The number of pyridine rings is 1. The lowest BCUT2D eigenvalue weighted by Crippen LogP contribution is -2.25. The average molecular weight is 407 g/mol. The number of benzene rings is 2. The maximum absolute atomic E-state index is 13.5. The van der Waals surface area contributed by atoms with Gasteiger partial charge in [0.25, 0.3) is 11.3 Å². The van der Waals surface area contributed by atoms with Gasteiger partial charge in [-0.2, -0.15) is 0 Å². The van der Waals surface area contributed by atoms with E-state index in [4.69, 9.17) is 5.11 Å². The molecule has 0 saturated heterocycles. The van der Waals surface area contributed by atoms with Gasteiger partial charge in [0.05, 0.1) is 12.1 Å². The van der Waals surface area contributed by atoms with E-state index in [1.807, 2.05) is 30.3 Å². The first-order valence-electron chi connectivity index (χ1n) is 9.03. The second kappa shape index (κ2) is 9.00. The fourth-order valence-corrected chi connectivity index (χ4v) is 3.02. The molecule has 1 heterocycles. The number of aliphatic hydroxyl groups excluding tert-OH is 1. The molecule has 3 aromatic rings. The second-order valence-electron chi connectivity index (χ2n) is 6.69. The van der Waals surface area contributed by atoms with Gasteiger partial charge in [0.1, 0.15) is 11.6 Å². The van der Waals surface area contributed by atoms with Gasteiger partial charge in [0.15, 0.2) is 0 Å². The summed E-state index contributed by atoms with van der Waals surface area (Å²) >= 11 is 0. The molecule has 152 valence electrons. The van der Waals surface area contributed by atoms with Gasteiger partial charge in [0.2, 0.25) is 0 Å². The van der Waals surface area contributed by atoms with Crippen molar-refractivity contribution in [2.75, 3.05) is 0 Å². The van der Waals surface area contributed by atoms with Crippen LogP contribution < -0.4 is 5.56 Å². The predicted octanol–water partition coefficient (Wildman–Crippen LogP) is 3.18. The minimum Gasteiger partial charge on any atom is -0.507 e. The zero-order chi connectivity index (χ0) is 21.7. The van der Waals surface area contributed by atoms with Gasteiger partial charge >= 0.3 is 5.97 Å². The molecule has 3 rings (SSSR count). The molecule has 30 heavy (non-hydrogen) atoms. The summed E-state index contributed by atoms with van der Waals surface area (Å²) in [5, 5.41) is 19.0. The van der Waals surface area contributed by atoms with Gasteiger partial charge in [-0.15, -0.1) is 0 Å². The van der Waals surface area contributed by atoms with Crippen LogP contribution in [0.25, 0.3) is 5.76 Å². The number of nitrogens with zero attached hydrogens (tertiary/aromatic N) is 1. The Balaban J connectivity index is 2.08. The smallest absolute Gasteiger partial charge is 0.376 e. The fourth-order valence-electron chi connectivity index (χ4n) is 3.02. The monoisotopic (exact) mass is 407 g/mol. The highest BCUT2D eigenvalue weighted by molar-refractivity contribution is 6.38. The van der Waals surface area contributed by atoms with Crippen molar-refractivity contribution >= 4 is 17.5 Å². The minimum atomic E-state index is -1.75. The molecule has 0 aliphatic heterocycles. The molecule has 6 nitrogen and oxygen atoms in total. The van der Waals surface area contributed by atoms with Crippen molar-refractivity contribution in [3.8, 4) is 0 Å². The van der Waals surface area contributed by atoms with Crippen molar-refractivity contribution < 1.29 is 24.2 Å². The van der Waals surface area contributed by atoms with Gasteiger partial charge in [-0.25, -0.2) is 9.18 Å². The van der Waals surface area contributed by atoms with Crippen molar-refractivity contribution in [2.45, 2.75) is 13.0 Å². The average Bonchev–Trinajstić information content (AvgIpc) is 2.71. The SMILES string of the molecule is O=C(O)C(=O)C=C(O)c1cc(Cc2ccccc2)cn(Cc2cccc(F)c2)c1=O. The summed E-state index contributed by atoms with van der Waals surface area (Å²) < 4.78 is 14.8. The van der Waals surface area contributed by atoms with Gasteiger partial charge in [0, 0.05) is 12.3 Å². The third-order valence-corrected chi connectivity index (χ3v) is 4.39. The molecule has 0 unspecified atom stereocenters. The first-order valence-corrected chi connectivity index (χ1v) is 9.03. The van der Waals surface area contributed by atoms with Crippen LogP contribution in [0.4, 0.5) is 4.39 Å². The van der Waals surface area contributed by atoms with Crippen LogP contribution in [0.5, 0.6) is 0 Å². The molecule has 2 N–H and O–H groups in total. The summed E-state index contributed by atoms with van der Waals surface area (Å²) in [7, 11) is 0. The maximum Gasteiger partial charge on any atom is 0.376 e. The Labute approximate surface area is 171 Å². The topological polar surface area (TPSA) is 96.6 Å². The molecule has 0 spiro atoms. The zero-order valence-electron chi connectivity index (χ0n) is 15.8. The molecule has 0 atom stereocenters. The first-order chi connectivity index (χ1) is 14.3. The quantitative estimate of drug-likeness (QED) is 0.356. The Morgan fingerprint density at radius 1 is 0.933 bits per heavy atom. The van der Waals surface area contributed by atoms with Gasteiger partial charge in [-0.05, 0) is 41.3 Å². The van der Waals surface area contributed by atoms with Crippen LogP contribution in [0.1, 0.15) is 22.3 Å². The highest BCUT2D eigenvalue weighted by Crippen LogP contribution is 2.15. The molecule has 0 amide bonds. The molecule has 2 aromatic carbocycles. The second-order valence-corrected chi connectivity index (χ2v) is 6.69. The molecule has 7 heteroatoms. The number of aromatic nitrogens is 1. The van der Waals surface area contributed by atoms with E-state index in [9.17, 15) is 23.9 Å². The number of hydrogen-bond donors (Lipinski definition) is 2. The van der Waals surface area contributed by atoms with E-state index in [0.717, 1.165) is 5.56 Å². The maximum atomic E-state index is 13.5. The van der Waals surface area contributed by atoms with Crippen molar-refractivity contribution in [3.63, 3.8) is 0 Å². The molecule has 0 bridgehead atoms. The van der Waals surface area contributed by atoms with E-state index >= 15 is 0 Å². The summed E-state index contributed by atoms with van der Waals surface area (Å²) in [5.41, 5.74) is 1.28. The Bertz CT molecular complexity index is 1180. The third-order valence-electron chi connectivity index (χ3n) is 4.39. The molecule has 0 aliphatic rings. The van der Waals surface area contributed by atoms with E-state index in [1.54, 1.807) is 12.3 Å². The lowest BCUT2D eigenvalue weighted by atomic mass is 10.0.